The van der Waals surface area contributed by atoms with Crippen LogP contribution in [-0.2, 0) is 9.59 Å². The van der Waals surface area contributed by atoms with Gasteiger partial charge in [0.2, 0.25) is 0 Å². The molecule has 10 heteroatoms. The van der Waals surface area contributed by atoms with E-state index in [0.29, 0.717) is 16.3 Å². The van der Waals surface area contributed by atoms with E-state index in [2.05, 4.69) is 15.5 Å². The molecule has 0 bridgehead atoms. The lowest BCUT2D eigenvalue weighted by Crippen LogP contribution is -2.49. The summed E-state index contributed by atoms with van der Waals surface area (Å²) in [7, 11) is 0. The lowest BCUT2D eigenvalue weighted by molar-refractivity contribution is -0.139. The molecule has 118 valence electrons. The second kappa shape index (κ2) is 4.81. The van der Waals surface area contributed by atoms with Crippen LogP contribution in [0.25, 0.3) is 10.4 Å². The van der Waals surface area contributed by atoms with E-state index in [1.807, 2.05) is 0 Å². The van der Waals surface area contributed by atoms with Crippen molar-refractivity contribution in [1.29, 1.82) is 0 Å². The number of nitrogens with zero attached hydrogens (tertiary/aromatic N) is 2. The second-order valence-corrected chi connectivity index (χ2v) is 6.10. The average molecular weight is 334 g/mol. The van der Waals surface area contributed by atoms with E-state index in [-0.39, 0.29) is 23.9 Å². The number of aromatic nitrogens is 2. The second-order valence-electron chi connectivity index (χ2n) is 5.08. The van der Waals surface area contributed by atoms with E-state index in [9.17, 15) is 19.5 Å². The number of carbonyl (C=O) groups excluding carboxylic acids is 2. The molecule has 23 heavy (non-hydrogen) atoms. The smallest absolute Gasteiger partial charge is 0.328 e. The highest BCUT2D eigenvalue weighted by atomic mass is 32.1. The molecule has 0 unspecified atom stereocenters. The summed E-state index contributed by atoms with van der Waals surface area (Å²) >= 11 is 1.14. The van der Waals surface area contributed by atoms with Crippen LogP contribution in [0.4, 0.5) is 5.69 Å². The minimum atomic E-state index is -1.19. The molecule has 1 atom stereocenters. The summed E-state index contributed by atoms with van der Waals surface area (Å²) in [6, 6.07) is -1.16. The summed E-state index contributed by atoms with van der Waals surface area (Å²) in [5, 5.41) is 18.2. The Bertz CT molecular complexity index is 828. The van der Waals surface area contributed by atoms with E-state index < -0.39 is 17.9 Å². The minimum Gasteiger partial charge on any atom is -0.480 e. The predicted molar refractivity (Wildman–Crippen MR) is 78.6 cm³/mol. The number of anilines is 1. The molecule has 2 aliphatic heterocycles. The summed E-state index contributed by atoms with van der Waals surface area (Å²) < 4.78 is 5.53. The molecule has 0 spiro atoms. The van der Waals surface area contributed by atoms with Gasteiger partial charge in [-0.15, -0.1) is 11.3 Å². The number of ether oxygens (including phenoxy) is 1. The highest BCUT2D eigenvalue weighted by Crippen LogP contribution is 2.50. The van der Waals surface area contributed by atoms with Gasteiger partial charge < -0.3 is 20.1 Å². The molecule has 9 nitrogen and oxygen atoms in total. The zero-order chi connectivity index (χ0) is 16.1. The molecule has 0 fully saturated rings. The van der Waals surface area contributed by atoms with Gasteiger partial charge in [-0.2, -0.15) is 5.10 Å². The molecule has 0 radical (unpaired) electrons. The molecule has 4 rings (SSSR count). The Morgan fingerprint density at radius 3 is 2.96 bits per heavy atom. The van der Waals surface area contributed by atoms with Crippen molar-refractivity contribution in [2.45, 2.75) is 6.04 Å². The van der Waals surface area contributed by atoms with Crippen molar-refractivity contribution >= 4 is 34.8 Å². The molecule has 2 amide bonds. The van der Waals surface area contributed by atoms with Crippen molar-refractivity contribution in [1.82, 2.24) is 15.5 Å². The van der Waals surface area contributed by atoms with Crippen molar-refractivity contribution < 1.29 is 24.2 Å². The fraction of sp³-hybridized carbons (Fsp3) is 0.231. The maximum atomic E-state index is 12.4. The third-order valence-corrected chi connectivity index (χ3v) is 4.89. The Hall–Kier alpha value is -2.88. The topological polar surface area (TPSA) is 125 Å². The summed E-state index contributed by atoms with van der Waals surface area (Å²) in [6.45, 7) is -0.334. The SMILES string of the molecule is O=C1N[C@H](C(=O)O)CN2C(=O)COc3c(-c4cn[nH]c4)sc1c32. The lowest BCUT2D eigenvalue weighted by Gasteiger charge is -2.28. The molecule has 2 aromatic rings. The Balaban J connectivity index is 1.90. The molecule has 0 aromatic carbocycles. The normalized spacial score (nSPS) is 19.7. The standard InChI is InChI=1S/C13H10N4O5S/c18-7-4-22-9-8-11(23-10(9)5-1-14-15-2-5)12(19)16-6(13(20)21)3-17(7)8/h1-2,6H,3-4H2,(H,14,15)(H,16,19)(H,20,21)/t6-/m0/s1. The summed E-state index contributed by atoms with van der Waals surface area (Å²) in [4.78, 5) is 38.0. The number of H-pyrrole nitrogens is 1. The monoisotopic (exact) mass is 334 g/mol. The molecule has 0 saturated heterocycles. The largest absolute Gasteiger partial charge is 0.480 e. The number of carboxylic acid groups (broad SMARTS) is 1. The molecule has 2 aliphatic rings. The third-order valence-electron chi connectivity index (χ3n) is 3.69. The van der Waals surface area contributed by atoms with Crippen LogP contribution in [0, 0.1) is 0 Å². The van der Waals surface area contributed by atoms with Crippen LogP contribution in [0.3, 0.4) is 0 Å². The summed E-state index contributed by atoms with van der Waals surface area (Å²) in [5.41, 5.74) is 1.07. The number of hydrogen-bond donors (Lipinski definition) is 3. The quantitative estimate of drug-likeness (QED) is 0.713. The maximum Gasteiger partial charge on any atom is 0.328 e. The van der Waals surface area contributed by atoms with Gasteiger partial charge >= 0.3 is 5.97 Å². The first-order valence-electron chi connectivity index (χ1n) is 6.69. The molecule has 0 aliphatic carbocycles. The molecule has 0 saturated carbocycles. The van der Waals surface area contributed by atoms with Gasteiger partial charge in [-0.3, -0.25) is 14.7 Å². The van der Waals surface area contributed by atoms with Gasteiger partial charge in [-0.1, -0.05) is 0 Å². The highest BCUT2D eigenvalue weighted by molar-refractivity contribution is 7.18. The average Bonchev–Trinajstić information content (AvgIpc) is 3.12. The molecular weight excluding hydrogens is 324 g/mol. The Morgan fingerprint density at radius 1 is 1.43 bits per heavy atom. The van der Waals surface area contributed by atoms with Gasteiger partial charge in [0.05, 0.1) is 17.6 Å². The zero-order valence-corrected chi connectivity index (χ0v) is 12.3. The summed E-state index contributed by atoms with van der Waals surface area (Å²) in [6.07, 6.45) is 3.24. The first-order valence-corrected chi connectivity index (χ1v) is 7.50. The van der Waals surface area contributed by atoms with Gasteiger partial charge in [-0.25, -0.2) is 4.79 Å². The van der Waals surface area contributed by atoms with Crippen LogP contribution >= 0.6 is 11.3 Å². The van der Waals surface area contributed by atoms with Gasteiger partial charge in [0, 0.05) is 11.8 Å². The van der Waals surface area contributed by atoms with Gasteiger partial charge in [0.1, 0.15) is 16.6 Å². The van der Waals surface area contributed by atoms with Crippen LogP contribution in [0.15, 0.2) is 12.4 Å². The van der Waals surface area contributed by atoms with Crippen molar-refractivity contribution in [3.8, 4) is 16.2 Å². The predicted octanol–water partition coefficient (Wildman–Crippen LogP) is 0.0602. The first kappa shape index (κ1) is 13.8. The fourth-order valence-corrected chi connectivity index (χ4v) is 3.76. The number of aromatic amines is 1. The molecule has 3 N–H and O–H groups in total. The van der Waals surface area contributed by atoms with Gasteiger partial charge in [0.25, 0.3) is 11.8 Å². The third kappa shape index (κ3) is 1.99. The number of amides is 2. The number of aliphatic carboxylic acids is 1. The van der Waals surface area contributed by atoms with Gasteiger partial charge in [-0.05, 0) is 0 Å². The number of hydrogen-bond acceptors (Lipinski definition) is 6. The number of rotatable bonds is 2. The van der Waals surface area contributed by atoms with Crippen LogP contribution in [0.2, 0.25) is 0 Å². The molecular formula is C13H10N4O5S. The molecule has 2 aromatic heterocycles. The van der Waals surface area contributed by atoms with Crippen molar-refractivity contribution in [2.75, 3.05) is 18.1 Å². The van der Waals surface area contributed by atoms with Crippen molar-refractivity contribution in [3.05, 3.63) is 17.3 Å². The first-order chi connectivity index (χ1) is 11.1. The lowest BCUT2D eigenvalue weighted by atomic mass is 10.2. The Kier molecular flexibility index (Phi) is 2.88. The van der Waals surface area contributed by atoms with Crippen molar-refractivity contribution in [2.24, 2.45) is 0 Å². The minimum absolute atomic E-state index is 0.134. The van der Waals surface area contributed by atoms with Gasteiger partial charge in [0.15, 0.2) is 12.4 Å². The molecule has 4 heterocycles. The fourth-order valence-electron chi connectivity index (χ4n) is 2.63. The number of carboxylic acids is 1. The Morgan fingerprint density at radius 2 is 2.26 bits per heavy atom. The van der Waals surface area contributed by atoms with Crippen molar-refractivity contribution in [3.63, 3.8) is 0 Å². The number of nitrogens with one attached hydrogen (secondary N) is 2. The summed E-state index contributed by atoms with van der Waals surface area (Å²) in [5.74, 6) is -1.69. The van der Waals surface area contributed by atoms with E-state index in [4.69, 9.17) is 4.74 Å². The van der Waals surface area contributed by atoms with E-state index in [1.54, 1.807) is 12.4 Å². The van der Waals surface area contributed by atoms with Crippen LogP contribution in [0.5, 0.6) is 5.75 Å². The highest BCUT2D eigenvalue weighted by Gasteiger charge is 2.41. The zero-order valence-electron chi connectivity index (χ0n) is 11.5. The Labute approximate surface area is 132 Å². The van der Waals surface area contributed by atoms with Crippen LogP contribution in [0.1, 0.15) is 9.67 Å². The van der Waals surface area contributed by atoms with Crippen LogP contribution < -0.4 is 15.0 Å². The van der Waals surface area contributed by atoms with E-state index in [1.165, 1.54) is 4.90 Å². The van der Waals surface area contributed by atoms with E-state index >= 15 is 0 Å². The van der Waals surface area contributed by atoms with E-state index in [0.717, 1.165) is 16.9 Å². The number of carbonyl (C=O) groups is 3. The van der Waals surface area contributed by atoms with Crippen LogP contribution in [-0.4, -0.2) is 52.3 Å². The maximum absolute atomic E-state index is 12.4. The number of thiophene rings is 1.